The van der Waals surface area contributed by atoms with Crippen LogP contribution in [0.5, 0.6) is 0 Å². The maximum atomic E-state index is 12.6. The molecule has 0 saturated carbocycles. The van der Waals surface area contributed by atoms with Crippen LogP contribution < -0.4 is 5.32 Å². The standard InChI is InChI=1S/C21H22F3NO3/c1-28-20(27)18(9-5-8-15-6-3-2-4-7-15)25-19(26)14-16-10-12-17(13-11-16)21(22,23)24/h2-4,6-7,10-13,18H,5,8-9,14H2,1H3,(H,25,26)/t18-/m1/s1. The molecule has 4 nitrogen and oxygen atoms in total. The minimum absolute atomic E-state index is 0.121. The Kier molecular flexibility index (Phi) is 7.61. The van der Waals surface area contributed by atoms with E-state index in [0.717, 1.165) is 24.1 Å². The molecule has 0 aromatic heterocycles. The summed E-state index contributed by atoms with van der Waals surface area (Å²) in [5.41, 5.74) is 0.783. The maximum Gasteiger partial charge on any atom is 0.416 e. The second-order valence-corrected chi connectivity index (χ2v) is 6.39. The Morgan fingerprint density at radius 3 is 2.21 bits per heavy atom. The molecule has 0 aliphatic rings. The molecule has 2 aromatic rings. The van der Waals surface area contributed by atoms with E-state index in [1.807, 2.05) is 30.3 Å². The van der Waals surface area contributed by atoms with E-state index >= 15 is 0 Å². The fraction of sp³-hybridized carbons (Fsp3) is 0.333. The Hall–Kier alpha value is -2.83. The number of methoxy groups -OCH3 is 1. The molecular weight excluding hydrogens is 371 g/mol. The maximum absolute atomic E-state index is 12.6. The van der Waals surface area contributed by atoms with Crippen LogP contribution >= 0.6 is 0 Å². The molecule has 1 atom stereocenters. The Morgan fingerprint density at radius 2 is 1.64 bits per heavy atom. The average Bonchev–Trinajstić information content (AvgIpc) is 2.67. The molecule has 2 aromatic carbocycles. The Labute approximate surface area is 161 Å². The molecule has 0 aliphatic carbocycles. The Balaban J connectivity index is 1.90. The minimum atomic E-state index is -4.42. The van der Waals surface area contributed by atoms with Crippen LogP contribution in [0, 0.1) is 0 Å². The van der Waals surface area contributed by atoms with Crippen LogP contribution in [0.3, 0.4) is 0 Å². The number of carbonyl (C=O) groups is 2. The number of halogens is 3. The van der Waals surface area contributed by atoms with Crippen molar-refractivity contribution in [3.8, 4) is 0 Å². The van der Waals surface area contributed by atoms with Crippen molar-refractivity contribution in [1.82, 2.24) is 5.32 Å². The van der Waals surface area contributed by atoms with Gasteiger partial charge in [0.15, 0.2) is 0 Å². The highest BCUT2D eigenvalue weighted by molar-refractivity contribution is 5.85. The number of aryl methyl sites for hydroxylation is 1. The van der Waals surface area contributed by atoms with E-state index in [1.165, 1.54) is 19.2 Å². The largest absolute Gasteiger partial charge is 0.467 e. The monoisotopic (exact) mass is 393 g/mol. The molecule has 2 rings (SSSR count). The molecule has 0 spiro atoms. The fourth-order valence-electron chi connectivity index (χ4n) is 2.79. The van der Waals surface area contributed by atoms with Gasteiger partial charge in [-0.15, -0.1) is 0 Å². The van der Waals surface area contributed by atoms with E-state index < -0.39 is 29.7 Å². The van der Waals surface area contributed by atoms with Gasteiger partial charge in [-0.2, -0.15) is 13.2 Å². The average molecular weight is 393 g/mol. The van der Waals surface area contributed by atoms with E-state index in [0.29, 0.717) is 18.4 Å². The zero-order valence-electron chi connectivity index (χ0n) is 15.5. The second kappa shape index (κ2) is 9.92. The van der Waals surface area contributed by atoms with Crippen molar-refractivity contribution in [1.29, 1.82) is 0 Å². The topological polar surface area (TPSA) is 55.4 Å². The van der Waals surface area contributed by atoms with Gasteiger partial charge in [0.1, 0.15) is 6.04 Å². The normalized spacial score (nSPS) is 12.3. The van der Waals surface area contributed by atoms with Gasteiger partial charge >= 0.3 is 12.1 Å². The van der Waals surface area contributed by atoms with Crippen LogP contribution in [0.4, 0.5) is 13.2 Å². The number of hydrogen-bond acceptors (Lipinski definition) is 3. The van der Waals surface area contributed by atoms with Crippen LogP contribution in [0.25, 0.3) is 0 Å². The predicted molar refractivity (Wildman–Crippen MR) is 98.5 cm³/mol. The minimum Gasteiger partial charge on any atom is -0.467 e. The van der Waals surface area contributed by atoms with Crippen LogP contribution in [0.1, 0.15) is 29.5 Å². The lowest BCUT2D eigenvalue weighted by molar-refractivity contribution is -0.145. The van der Waals surface area contributed by atoms with Gasteiger partial charge in [0.05, 0.1) is 19.1 Å². The first kappa shape index (κ1) is 21.5. The van der Waals surface area contributed by atoms with Gasteiger partial charge in [0.25, 0.3) is 0 Å². The van der Waals surface area contributed by atoms with Crippen LogP contribution in [-0.4, -0.2) is 25.0 Å². The highest BCUT2D eigenvalue weighted by atomic mass is 19.4. The lowest BCUT2D eigenvalue weighted by atomic mass is 10.0. The summed E-state index contributed by atoms with van der Waals surface area (Å²) in [6.07, 6.45) is -2.71. The number of alkyl halides is 3. The van der Waals surface area contributed by atoms with Gasteiger partial charge in [-0.25, -0.2) is 4.79 Å². The summed E-state index contributed by atoms with van der Waals surface area (Å²) in [6, 6.07) is 13.3. The first-order valence-corrected chi connectivity index (χ1v) is 8.87. The first-order valence-electron chi connectivity index (χ1n) is 8.87. The molecule has 1 amide bonds. The molecule has 150 valence electrons. The van der Waals surface area contributed by atoms with E-state index in [1.54, 1.807) is 0 Å². The summed E-state index contributed by atoms with van der Waals surface area (Å²) in [5, 5.41) is 2.61. The second-order valence-electron chi connectivity index (χ2n) is 6.39. The Bertz CT molecular complexity index is 774. The molecule has 0 unspecified atom stereocenters. The van der Waals surface area contributed by atoms with Crippen molar-refractivity contribution in [2.24, 2.45) is 0 Å². The summed E-state index contributed by atoms with van der Waals surface area (Å²) in [5.74, 6) is -0.997. The number of esters is 1. The number of amides is 1. The number of ether oxygens (including phenoxy) is 1. The number of hydrogen-bond donors (Lipinski definition) is 1. The SMILES string of the molecule is COC(=O)[C@@H](CCCc1ccccc1)NC(=O)Cc1ccc(C(F)(F)F)cc1. The van der Waals surface area contributed by atoms with Gasteiger partial charge < -0.3 is 10.1 Å². The molecule has 0 aliphatic heterocycles. The zero-order chi connectivity index (χ0) is 20.6. The summed E-state index contributed by atoms with van der Waals surface area (Å²) in [4.78, 5) is 24.2. The van der Waals surface area contributed by atoms with E-state index in [9.17, 15) is 22.8 Å². The molecule has 0 bridgehead atoms. The Morgan fingerprint density at radius 1 is 1.00 bits per heavy atom. The number of carbonyl (C=O) groups excluding carboxylic acids is 2. The number of nitrogens with one attached hydrogen (secondary N) is 1. The lowest BCUT2D eigenvalue weighted by Gasteiger charge is -2.16. The van der Waals surface area contributed by atoms with Gasteiger partial charge in [0, 0.05) is 0 Å². The number of benzene rings is 2. The zero-order valence-corrected chi connectivity index (χ0v) is 15.5. The van der Waals surface area contributed by atoms with E-state index in [2.05, 4.69) is 5.32 Å². The van der Waals surface area contributed by atoms with Gasteiger partial charge in [-0.3, -0.25) is 4.79 Å². The van der Waals surface area contributed by atoms with Crippen LogP contribution in [0.2, 0.25) is 0 Å². The van der Waals surface area contributed by atoms with E-state index in [-0.39, 0.29) is 6.42 Å². The molecule has 0 heterocycles. The summed E-state index contributed by atoms with van der Waals surface area (Å²) in [7, 11) is 1.24. The first-order chi connectivity index (χ1) is 13.3. The quantitative estimate of drug-likeness (QED) is 0.692. The highest BCUT2D eigenvalue weighted by Crippen LogP contribution is 2.29. The van der Waals surface area contributed by atoms with Crippen molar-refractivity contribution in [2.75, 3.05) is 7.11 Å². The summed E-state index contributed by atoms with van der Waals surface area (Å²) in [6.45, 7) is 0. The lowest BCUT2D eigenvalue weighted by Crippen LogP contribution is -2.42. The molecule has 28 heavy (non-hydrogen) atoms. The molecular formula is C21H22F3NO3. The molecule has 0 fully saturated rings. The predicted octanol–water partition coefficient (Wildman–Crippen LogP) is 3.93. The molecule has 1 N–H and O–H groups in total. The van der Waals surface area contributed by atoms with Crippen LogP contribution in [0.15, 0.2) is 54.6 Å². The summed E-state index contributed by atoms with van der Waals surface area (Å²) >= 11 is 0. The van der Waals surface area contributed by atoms with Gasteiger partial charge in [-0.05, 0) is 42.5 Å². The molecule has 7 heteroatoms. The summed E-state index contributed by atoms with van der Waals surface area (Å²) < 4.78 is 42.5. The van der Waals surface area contributed by atoms with Crippen molar-refractivity contribution in [2.45, 2.75) is 37.9 Å². The third-order valence-electron chi connectivity index (χ3n) is 4.27. The highest BCUT2D eigenvalue weighted by Gasteiger charge is 2.30. The number of rotatable bonds is 8. The van der Waals surface area contributed by atoms with Crippen molar-refractivity contribution in [3.63, 3.8) is 0 Å². The fourth-order valence-corrected chi connectivity index (χ4v) is 2.79. The molecule has 0 radical (unpaired) electrons. The molecule has 0 saturated heterocycles. The van der Waals surface area contributed by atoms with E-state index in [4.69, 9.17) is 4.74 Å². The third kappa shape index (κ3) is 6.72. The van der Waals surface area contributed by atoms with Gasteiger partial charge in [-0.1, -0.05) is 42.5 Å². The van der Waals surface area contributed by atoms with Crippen molar-refractivity contribution < 1.29 is 27.5 Å². The third-order valence-corrected chi connectivity index (χ3v) is 4.27. The smallest absolute Gasteiger partial charge is 0.416 e. The van der Waals surface area contributed by atoms with Crippen molar-refractivity contribution >= 4 is 11.9 Å². The van der Waals surface area contributed by atoms with Gasteiger partial charge in [0.2, 0.25) is 5.91 Å². The van der Waals surface area contributed by atoms with Crippen LogP contribution in [-0.2, 0) is 33.3 Å². The van der Waals surface area contributed by atoms with Crippen molar-refractivity contribution in [3.05, 3.63) is 71.3 Å².